The Morgan fingerprint density at radius 3 is 2.40 bits per heavy atom. The molecule has 210 valence electrons. The number of aryl methyl sites for hydroxylation is 1. The van der Waals surface area contributed by atoms with Gasteiger partial charge in [0.2, 0.25) is 0 Å². The smallest absolute Gasteiger partial charge is 0.297 e. The van der Waals surface area contributed by atoms with Crippen molar-refractivity contribution >= 4 is 21.7 Å². The molecule has 0 aliphatic heterocycles. The first-order valence-electron chi connectivity index (χ1n) is 14.3. The number of carbonyl (C=O) groups excluding carboxylic acids is 2. The topological polar surface area (TPSA) is 86.7 Å². The molecule has 2 unspecified atom stereocenters. The fourth-order valence-corrected chi connectivity index (χ4v) is 8.50. The molecule has 4 atom stereocenters. The summed E-state index contributed by atoms with van der Waals surface area (Å²) in [6, 6.07) is 14.5. The third kappa shape index (κ3) is 4.88. The van der Waals surface area contributed by atoms with E-state index in [1.165, 1.54) is 28.9 Å². The van der Waals surface area contributed by atoms with Gasteiger partial charge in [-0.3, -0.25) is 13.8 Å². The number of Topliss-reactive ketones (excluding diaryl/α,β-unsaturated/α-hetero) is 1. The van der Waals surface area contributed by atoms with E-state index in [4.69, 9.17) is 8.92 Å². The molecule has 0 amide bonds. The highest BCUT2D eigenvalue weighted by Crippen LogP contribution is 2.62. The second kappa shape index (κ2) is 10.4. The molecule has 4 aliphatic carbocycles. The zero-order chi connectivity index (χ0) is 28.1. The van der Waals surface area contributed by atoms with Gasteiger partial charge in [0.05, 0.1) is 4.90 Å². The summed E-state index contributed by atoms with van der Waals surface area (Å²) >= 11 is 0. The second-order valence-electron chi connectivity index (χ2n) is 12.0. The lowest BCUT2D eigenvalue weighted by Crippen LogP contribution is -2.43. The van der Waals surface area contributed by atoms with E-state index >= 15 is 0 Å². The predicted molar refractivity (Wildman–Crippen MR) is 152 cm³/mol. The van der Waals surface area contributed by atoms with Crippen molar-refractivity contribution in [2.24, 2.45) is 17.3 Å². The minimum Gasteiger partial charge on any atom is -0.491 e. The van der Waals surface area contributed by atoms with E-state index in [2.05, 4.69) is 19.1 Å². The number of benzene rings is 2. The van der Waals surface area contributed by atoms with Crippen LogP contribution in [0.2, 0.25) is 0 Å². The predicted octanol–water partition coefficient (Wildman–Crippen LogP) is 6.25. The van der Waals surface area contributed by atoms with E-state index < -0.39 is 10.1 Å². The average molecular weight is 561 g/mol. The van der Waals surface area contributed by atoms with E-state index in [0.29, 0.717) is 36.2 Å². The van der Waals surface area contributed by atoms with Crippen LogP contribution in [0.5, 0.6) is 5.75 Å². The number of ketones is 2. The molecular weight excluding hydrogens is 524 g/mol. The van der Waals surface area contributed by atoms with Crippen LogP contribution in [0.3, 0.4) is 0 Å². The molecule has 4 aliphatic rings. The fraction of sp³-hybridized carbons (Fsp3) is 0.455. The third-order valence-corrected chi connectivity index (χ3v) is 11.0. The summed E-state index contributed by atoms with van der Waals surface area (Å²) in [6.07, 6.45) is 7.61. The first kappa shape index (κ1) is 27.2. The molecule has 0 spiro atoms. The van der Waals surface area contributed by atoms with Gasteiger partial charge in [-0.25, -0.2) is 0 Å². The van der Waals surface area contributed by atoms with E-state index in [-0.39, 0.29) is 35.2 Å². The molecule has 2 saturated carbocycles. The van der Waals surface area contributed by atoms with Gasteiger partial charge >= 0.3 is 0 Å². The lowest BCUT2D eigenvalue weighted by atomic mass is 9.53. The van der Waals surface area contributed by atoms with Gasteiger partial charge in [0.25, 0.3) is 10.1 Å². The van der Waals surface area contributed by atoms with Gasteiger partial charge < -0.3 is 4.74 Å². The van der Waals surface area contributed by atoms with Gasteiger partial charge in [0.1, 0.15) is 24.7 Å². The highest BCUT2D eigenvalue weighted by atomic mass is 32.2. The van der Waals surface area contributed by atoms with Crippen LogP contribution < -0.4 is 4.74 Å². The SMILES string of the molecule is Cc1ccc(S(=O)(=O)OCCOc2ccc([C@H]3C[C@]4(C)C(=O)CCC4C4CCC5=CC(=O)CCC5=C43)cc2)cc1. The zero-order valence-corrected chi connectivity index (χ0v) is 24.0. The van der Waals surface area contributed by atoms with E-state index in [1.54, 1.807) is 12.1 Å². The lowest BCUT2D eigenvalue weighted by Gasteiger charge is -2.50. The minimum absolute atomic E-state index is 0.0891. The molecule has 2 fully saturated rings. The van der Waals surface area contributed by atoms with Gasteiger partial charge in [0, 0.05) is 24.2 Å². The third-order valence-electron chi connectivity index (χ3n) is 9.63. The highest BCUT2D eigenvalue weighted by molar-refractivity contribution is 7.86. The summed E-state index contributed by atoms with van der Waals surface area (Å²) in [5.74, 6) is 2.17. The summed E-state index contributed by atoms with van der Waals surface area (Å²) in [6.45, 7) is 4.09. The minimum atomic E-state index is -3.83. The van der Waals surface area contributed by atoms with E-state index in [9.17, 15) is 18.0 Å². The van der Waals surface area contributed by atoms with Crippen molar-refractivity contribution in [3.63, 3.8) is 0 Å². The fourth-order valence-electron chi connectivity index (χ4n) is 7.60. The Morgan fingerprint density at radius 2 is 1.65 bits per heavy atom. The first-order chi connectivity index (χ1) is 19.2. The Kier molecular flexibility index (Phi) is 7.07. The monoisotopic (exact) mass is 560 g/mol. The summed E-state index contributed by atoms with van der Waals surface area (Å²) in [4.78, 5) is 25.5. The van der Waals surface area contributed by atoms with Crippen LogP contribution in [0.25, 0.3) is 0 Å². The van der Waals surface area contributed by atoms with Crippen molar-refractivity contribution in [2.75, 3.05) is 13.2 Å². The van der Waals surface area contributed by atoms with Crippen LogP contribution in [0.4, 0.5) is 0 Å². The van der Waals surface area contributed by atoms with Crippen LogP contribution in [-0.2, 0) is 23.9 Å². The van der Waals surface area contributed by atoms with Gasteiger partial charge in [-0.1, -0.05) is 42.3 Å². The van der Waals surface area contributed by atoms with Gasteiger partial charge in [-0.15, -0.1) is 0 Å². The van der Waals surface area contributed by atoms with Crippen molar-refractivity contribution in [1.29, 1.82) is 0 Å². The quantitative estimate of drug-likeness (QED) is 0.294. The van der Waals surface area contributed by atoms with Crippen LogP contribution in [0.15, 0.2) is 76.2 Å². The lowest BCUT2D eigenvalue weighted by molar-refractivity contribution is -0.128. The molecule has 40 heavy (non-hydrogen) atoms. The highest BCUT2D eigenvalue weighted by Gasteiger charge is 2.56. The number of hydrogen-bond acceptors (Lipinski definition) is 6. The number of hydrogen-bond donors (Lipinski definition) is 0. The maximum atomic E-state index is 13.1. The molecule has 6 nitrogen and oxygen atoms in total. The van der Waals surface area contributed by atoms with Gasteiger partial charge in [0.15, 0.2) is 5.78 Å². The molecule has 2 aromatic rings. The molecule has 0 saturated heterocycles. The molecule has 2 aromatic carbocycles. The van der Waals surface area contributed by atoms with Crippen molar-refractivity contribution in [1.82, 2.24) is 0 Å². The Labute approximate surface area is 236 Å². The number of fused-ring (bicyclic) bond motifs is 4. The van der Waals surface area contributed by atoms with Crippen molar-refractivity contribution in [3.8, 4) is 5.75 Å². The molecule has 7 heteroatoms. The van der Waals surface area contributed by atoms with Crippen LogP contribution in [0.1, 0.15) is 68.9 Å². The summed E-state index contributed by atoms with van der Waals surface area (Å²) in [5, 5.41) is 0. The number of carbonyl (C=O) groups is 2. The molecule has 0 N–H and O–H groups in total. The number of allylic oxidation sites excluding steroid dienone is 4. The van der Waals surface area contributed by atoms with Crippen LogP contribution >= 0.6 is 0 Å². The van der Waals surface area contributed by atoms with Crippen LogP contribution in [0, 0.1) is 24.2 Å². The number of rotatable bonds is 7. The van der Waals surface area contributed by atoms with Crippen LogP contribution in [-0.4, -0.2) is 33.2 Å². The molecule has 0 bridgehead atoms. The van der Waals surface area contributed by atoms with E-state index in [1.807, 2.05) is 25.1 Å². The second-order valence-corrected chi connectivity index (χ2v) is 13.6. The zero-order valence-electron chi connectivity index (χ0n) is 23.1. The average Bonchev–Trinajstić information content (AvgIpc) is 3.24. The van der Waals surface area contributed by atoms with Crippen molar-refractivity contribution in [2.45, 2.75) is 69.6 Å². The molecule has 0 radical (unpaired) electrons. The summed E-state index contributed by atoms with van der Waals surface area (Å²) in [5.41, 5.74) is 5.88. The normalized spacial score (nSPS) is 28.1. The maximum absolute atomic E-state index is 13.1. The standard InChI is InChI=1S/C33H36O6S/c1-21-3-11-26(12-4-21)40(36,37)39-18-17-38-25-9-5-22(6-10-25)29-20-33(2)30(15-16-31(33)35)28-13-7-23-19-24(34)8-14-27(23)32(28)29/h3-6,9-12,19,28-30H,7-8,13-18,20H2,1-2H3/t28?,29-,30?,33+/m1/s1. The molecule has 0 heterocycles. The van der Waals surface area contributed by atoms with Gasteiger partial charge in [-0.05, 0) is 97.9 Å². The molecule has 6 rings (SSSR count). The Balaban J connectivity index is 1.19. The maximum Gasteiger partial charge on any atom is 0.297 e. The first-order valence-corrected chi connectivity index (χ1v) is 15.8. The van der Waals surface area contributed by atoms with E-state index in [0.717, 1.165) is 43.2 Å². The largest absolute Gasteiger partial charge is 0.491 e. The molecular formula is C33H36O6S. The van der Waals surface area contributed by atoms with Crippen molar-refractivity contribution in [3.05, 3.63) is 82.5 Å². The van der Waals surface area contributed by atoms with Crippen molar-refractivity contribution < 1.29 is 26.9 Å². The Hall–Kier alpha value is -3.03. The summed E-state index contributed by atoms with van der Waals surface area (Å²) in [7, 11) is -3.83. The summed E-state index contributed by atoms with van der Waals surface area (Å²) < 4.78 is 35.8. The Bertz CT molecular complexity index is 1500. The molecule has 0 aromatic heterocycles. The number of ether oxygens (including phenoxy) is 1. The van der Waals surface area contributed by atoms with Gasteiger partial charge in [-0.2, -0.15) is 8.42 Å². The Morgan fingerprint density at radius 1 is 0.900 bits per heavy atom.